The molecule has 188 valence electrons. The molecule has 0 bridgehead atoms. The van der Waals surface area contributed by atoms with Gasteiger partial charge in [-0.3, -0.25) is 14.4 Å². The lowest BCUT2D eigenvalue weighted by molar-refractivity contribution is -0.133. The Hall–Kier alpha value is -3.97. The molecule has 3 aromatic carbocycles. The van der Waals surface area contributed by atoms with Gasteiger partial charge in [-0.1, -0.05) is 70.0 Å². The number of aryl methyl sites for hydroxylation is 1. The van der Waals surface area contributed by atoms with Gasteiger partial charge in [-0.2, -0.15) is 0 Å². The van der Waals surface area contributed by atoms with Crippen LogP contribution in [0.3, 0.4) is 0 Å². The number of halogens is 1. The van der Waals surface area contributed by atoms with Gasteiger partial charge in [-0.05, 0) is 42.8 Å². The number of carbonyl (C=O) groups is 2. The van der Waals surface area contributed by atoms with Gasteiger partial charge in [0.1, 0.15) is 12.1 Å². The summed E-state index contributed by atoms with van der Waals surface area (Å²) in [6.07, 6.45) is 3.00. The van der Waals surface area contributed by atoms with Crippen LogP contribution in [0.15, 0.2) is 105 Å². The summed E-state index contributed by atoms with van der Waals surface area (Å²) in [7, 11) is 0. The molecule has 7 heteroatoms. The summed E-state index contributed by atoms with van der Waals surface area (Å²) in [5, 5.41) is 0.475. The van der Waals surface area contributed by atoms with E-state index >= 15 is 0 Å². The number of nitrogens with zero attached hydrogens (tertiary/aromatic N) is 2. The third-order valence-electron chi connectivity index (χ3n) is 5.96. The molecule has 2 amide bonds. The Labute approximate surface area is 223 Å². The van der Waals surface area contributed by atoms with Gasteiger partial charge in [0.15, 0.2) is 5.43 Å². The van der Waals surface area contributed by atoms with Crippen molar-refractivity contribution in [1.82, 2.24) is 9.80 Å². The van der Waals surface area contributed by atoms with Crippen LogP contribution in [0.2, 0.25) is 0 Å². The number of rotatable bonds is 9. The molecule has 0 saturated carbocycles. The molecule has 0 aliphatic rings. The number of carbonyl (C=O) groups excluding carboxylic acids is 2. The molecular weight excluding hydrogens is 532 g/mol. The molecular formula is C30H27BrN2O4. The van der Waals surface area contributed by atoms with Crippen LogP contribution >= 0.6 is 15.9 Å². The lowest BCUT2D eigenvalue weighted by Crippen LogP contribution is -2.43. The highest BCUT2D eigenvalue weighted by Crippen LogP contribution is 2.17. The maximum atomic E-state index is 13.6. The summed E-state index contributed by atoms with van der Waals surface area (Å²) in [5.41, 5.74) is 3.01. The lowest BCUT2D eigenvalue weighted by atomic mass is 10.1. The van der Waals surface area contributed by atoms with Crippen molar-refractivity contribution in [3.05, 3.63) is 129 Å². The molecule has 37 heavy (non-hydrogen) atoms. The second-order valence-electron chi connectivity index (χ2n) is 8.81. The average Bonchev–Trinajstić information content (AvgIpc) is 2.90. The number of hydrogen-bond acceptors (Lipinski definition) is 4. The minimum atomic E-state index is -0.294. The minimum Gasteiger partial charge on any atom is -0.464 e. The van der Waals surface area contributed by atoms with Crippen LogP contribution in [0.1, 0.15) is 27.0 Å². The second-order valence-corrected chi connectivity index (χ2v) is 9.73. The molecule has 1 aromatic heterocycles. The normalized spacial score (nSPS) is 10.8. The molecule has 0 fully saturated rings. The zero-order valence-electron chi connectivity index (χ0n) is 20.5. The number of fused-ring (bicyclic) bond motifs is 1. The first-order chi connectivity index (χ1) is 17.9. The third-order valence-corrected chi connectivity index (χ3v) is 6.46. The fourth-order valence-electron chi connectivity index (χ4n) is 4.08. The van der Waals surface area contributed by atoms with Crippen LogP contribution in [-0.4, -0.2) is 34.7 Å². The van der Waals surface area contributed by atoms with E-state index in [1.165, 1.54) is 11.2 Å². The zero-order chi connectivity index (χ0) is 26.4. The van der Waals surface area contributed by atoms with Crippen molar-refractivity contribution in [2.45, 2.75) is 20.0 Å². The Morgan fingerprint density at radius 2 is 1.76 bits per heavy atom. The fourth-order valence-corrected chi connectivity index (χ4v) is 4.48. The zero-order valence-corrected chi connectivity index (χ0v) is 22.1. The van der Waals surface area contributed by atoms with E-state index in [-0.39, 0.29) is 43.4 Å². The SMILES string of the molecule is C=CCN(CC(=O)N(Cc1ccccc1)Cc1coc2ccc(C)cc2c1=O)C(=O)c1cccc(Br)c1. The Morgan fingerprint density at radius 1 is 0.973 bits per heavy atom. The standard InChI is InChI=1S/C30H27BrN2O4/c1-3-14-32(30(36)23-10-7-11-25(31)16-23)19-28(34)33(17-22-8-5-4-6-9-22)18-24-20-37-27-13-12-21(2)15-26(27)29(24)35/h3-13,15-16,20H,1,14,17-19H2,2H3. The monoisotopic (exact) mass is 558 g/mol. The van der Waals surface area contributed by atoms with Gasteiger partial charge < -0.3 is 14.2 Å². The van der Waals surface area contributed by atoms with Crippen molar-refractivity contribution < 1.29 is 14.0 Å². The first kappa shape index (κ1) is 26.1. The van der Waals surface area contributed by atoms with Crippen LogP contribution < -0.4 is 5.43 Å². The maximum Gasteiger partial charge on any atom is 0.254 e. The van der Waals surface area contributed by atoms with Crippen LogP contribution in [0.4, 0.5) is 0 Å². The lowest BCUT2D eigenvalue weighted by Gasteiger charge is -2.27. The van der Waals surface area contributed by atoms with Crippen LogP contribution in [0, 0.1) is 6.92 Å². The van der Waals surface area contributed by atoms with Gasteiger partial charge in [0.2, 0.25) is 5.91 Å². The van der Waals surface area contributed by atoms with Crippen LogP contribution in [-0.2, 0) is 17.9 Å². The van der Waals surface area contributed by atoms with E-state index in [4.69, 9.17) is 4.42 Å². The molecule has 4 aromatic rings. The summed E-state index contributed by atoms with van der Waals surface area (Å²) in [4.78, 5) is 43.1. The molecule has 0 atom stereocenters. The fraction of sp³-hybridized carbons (Fsp3) is 0.167. The molecule has 0 unspecified atom stereocenters. The second kappa shape index (κ2) is 11.8. The number of hydrogen-bond donors (Lipinski definition) is 0. The van der Waals surface area contributed by atoms with E-state index in [2.05, 4.69) is 22.5 Å². The highest BCUT2D eigenvalue weighted by atomic mass is 79.9. The Morgan fingerprint density at radius 3 is 2.49 bits per heavy atom. The number of benzene rings is 3. The molecule has 0 aliphatic heterocycles. The minimum absolute atomic E-state index is 0.0486. The van der Waals surface area contributed by atoms with Crippen molar-refractivity contribution in [2.24, 2.45) is 0 Å². The maximum absolute atomic E-state index is 13.6. The van der Waals surface area contributed by atoms with Gasteiger partial charge in [-0.25, -0.2) is 0 Å². The molecule has 4 rings (SSSR count). The molecule has 6 nitrogen and oxygen atoms in total. The van der Waals surface area contributed by atoms with E-state index in [0.29, 0.717) is 22.1 Å². The highest BCUT2D eigenvalue weighted by molar-refractivity contribution is 9.10. The van der Waals surface area contributed by atoms with Gasteiger partial charge in [0, 0.05) is 23.1 Å². The largest absolute Gasteiger partial charge is 0.464 e. The van der Waals surface area contributed by atoms with E-state index in [0.717, 1.165) is 15.6 Å². The molecule has 0 spiro atoms. The van der Waals surface area contributed by atoms with Crippen molar-refractivity contribution >= 4 is 38.7 Å². The average molecular weight is 559 g/mol. The first-order valence-electron chi connectivity index (χ1n) is 11.8. The molecule has 1 heterocycles. The Bertz CT molecular complexity index is 1500. The third kappa shape index (κ3) is 6.43. The van der Waals surface area contributed by atoms with Crippen molar-refractivity contribution in [3.63, 3.8) is 0 Å². The van der Waals surface area contributed by atoms with E-state index in [9.17, 15) is 14.4 Å². The quantitative estimate of drug-likeness (QED) is 0.246. The van der Waals surface area contributed by atoms with E-state index in [1.54, 1.807) is 41.3 Å². The van der Waals surface area contributed by atoms with Gasteiger partial charge >= 0.3 is 0 Å². The first-order valence-corrected chi connectivity index (χ1v) is 12.6. The van der Waals surface area contributed by atoms with Crippen molar-refractivity contribution in [1.29, 1.82) is 0 Å². The summed E-state index contributed by atoms with van der Waals surface area (Å²) >= 11 is 3.39. The Balaban J connectivity index is 1.64. The summed E-state index contributed by atoms with van der Waals surface area (Å²) in [6.45, 7) is 6.02. The highest BCUT2D eigenvalue weighted by Gasteiger charge is 2.23. The summed E-state index contributed by atoms with van der Waals surface area (Å²) in [6, 6.07) is 22.0. The van der Waals surface area contributed by atoms with Crippen molar-refractivity contribution in [2.75, 3.05) is 13.1 Å². The molecule has 0 saturated heterocycles. The van der Waals surface area contributed by atoms with E-state index < -0.39 is 0 Å². The molecule has 0 N–H and O–H groups in total. The van der Waals surface area contributed by atoms with Gasteiger partial charge in [0.05, 0.1) is 23.8 Å². The molecule has 0 aliphatic carbocycles. The smallest absolute Gasteiger partial charge is 0.254 e. The predicted molar refractivity (Wildman–Crippen MR) is 148 cm³/mol. The van der Waals surface area contributed by atoms with Gasteiger partial charge in [-0.15, -0.1) is 6.58 Å². The summed E-state index contributed by atoms with van der Waals surface area (Å²) < 4.78 is 6.49. The van der Waals surface area contributed by atoms with Crippen LogP contribution in [0.25, 0.3) is 11.0 Å². The van der Waals surface area contributed by atoms with Gasteiger partial charge in [0.25, 0.3) is 5.91 Å². The predicted octanol–water partition coefficient (Wildman–Crippen LogP) is 5.72. The molecule has 0 radical (unpaired) electrons. The van der Waals surface area contributed by atoms with Crippen molar-refractivity contribution in [3.8, 4) is 0 Å². The number of amides is 2. The van der Waals surface area contributed by atoms with E-state index in [1.807, 2.05) is 49.4 Å². The summed E-state index contributed by atoms with van der Waals surface area (Å²) in [5.74, 6) is -0.576. The topological polar surface area (TPSA) is 70.8 Å². The van der Waals surface area contributed by atoms with Crippen LogP contribution in [0.5, 0.6) is 0 Å². The Kier molecular flexibility index (Phi) is 8.36.